The van der Waals surface area contributed by atoms with Crippen molar-refractivity contribution in [2.75, 3.05) is 39.2 Å². The lowest BCUT2D eigenvalue weighted by Gasteiger charge is -2.34. The highest BCUT2D eigenvalue weighted by Crippen LogP contribution is 2.57. The lowest BCUT2D eigenvalue weighted by atomic mass is 9.67. The van der Waals surface area contributed by atoms with Gasteiger partial charge in [-0.05, 0) is 213 Å². The normalized spacial score (nSPS) is 13.3. The Balaban J connectivity index is 0.000000341. The van der Waals surface area contributed by atoms with Crippen LogP contribution in [0, 0.1) is 57.8 Å². The largest absolute Gasteiger partial charge is 0.402 e. The summed E-state index contributed by atoms with van der Waals surface area (Å²) >= 11 is 1.75. The summed E-state index contributed by atoms with van der Waals surface area (Å²) in [6.45, 7) is 62.2. The minimum absolute atomic E-state index is 0.0377. The minimum Gasteiger partial charge on any atom is -0.388 e. The maximum Gasteiger partial charge on any atom is 0.402 e. The van der Waals surface area contributed by atoms with E-state index in [1.54, 1.807) is 50.2 Å². The molecule has 0 N–H and O–H groups in total. The second-order valence-electron chi connectivity index (χ2n) is 45.7. The van der Waals surface area contributed by atoms with E-state index in [1.165, 1.54) is 149 Å². The van der Waals surface area contributed by atoms with Gasteiger partial charge >= 0.3 is 12.4 Å². The van der Waals surface area contributed by atoms with E-state index < -0.39 is 27.6 Å². The number of methoxy groups -OCH3 is 1. The third-order valence-corrected chi connectivity index (χ3v) is 24.6. The van der Waals surface area contributed by atoms with Gasteiger partial charge in [0.1, 0.15) is 9.84 Å². The van der Waals surface area contributed by atoms with Crippen molar-refractivity contribution in [3.05, 3.63) is 415 Å². The molecule has 0 unspecified atom stereocenters. The zero-order valence-electron chi connectivity index (χ0n) is 93.7. The van der Waals surface area contributed by atoms with Crippen molar-refractivity contribution < 1.29 is 49.1 Å². The van der Waals surface area contributed by atoms with Crippen molar-refractivity contribution in [2.45, 2.75) is 291 Å². The van der Waals surface area contributed by atoms with Gasteiger partial charge in [-0.3, -0.25) is 9.59 Å². The molecule has 16 rings (SSSR count). The van der Waals surface area contributed by atoms with Crippen LogP contribution in [0.1, 0.15) is 326 Å². The predicted octanol–water partition coefficient (Wildman–Crippen LogP) is 37.9. The van der Waals surface area contributed by atoms with Crippen LogP contribution in [0.15, 0.2) is 303 Å². The lowest BCUT2D eigenvalue weighted by Crippen LogP contribution is -2.44. The number of benzene rings is 13. The summed E-state index contributed by atoms with van der Waals surface area (Å²) in [5.41, 5.74) is 27.9. The van der Waals surface area contributed by atoms with Gasteiger partial charge in [-0.15, -0.1) is 0 Å². The van der Waals surface area contributed by atoms with Gasteiger partial charge in [0, 0.05) is 54.4 Å². The standard InChI is InChI=1S/C27H22.C22H18O2.C15H14.2C14H22.C12H12.C8H16.C5H6F6.C5H12.C3H8.C2H6O2S.C2H6O.C2H6S/c1-19-11-15-21(16-12-19)27(22-17-13-20(2)14-18-22)25-9-5-3-7-23(25)24-8-4-6-10-26(24)27;1-15-3-7-17(8-4-15)21(23)19-11-13-20(14-12-19)22(24)18-9-5-16(2)6-10-18;1-15(2)13-9-5-3-7-11(13)12-8-4-6-10-14(12)15;1-13(2,3)11-7-9-12(10-8-11)14(4,5)6;1-13(2,3)11-8-7-9-12(10-11)14(4,5)6;1-9-7-11-5-3-4-6-12(11)8-10(9)2;1-8(2)6-4-3-5-7-8;1-3(2,4(6,7)8)5(9,10)11;1-5(2,3)4;1-3-2;1-5(2,3)4;2*1-3-2/h3-18H,1-2H3;3-14H,1-2H3;3-10H,1-2H3;2*7-10H,1-6H3;3-8H,1-2H3;3-7H2,1-2H3;1-2H3;1-4H3;3H2,1-2H3;1-2H3;2*1-2H3. The number of thioether (sulfide) groups is 1. The van der Waals surface area contributed by atoms with Crippen LogP contribution in [0.4, 0.5) is 26.3 Å². The Labute approximate surface area is 870 Å². The van der Waals surface area contributed by atoms with Gasteiger partial charge in [-0.2, -0.15) is 38.1 Å². The van der Waals surface area contributed by atoms with Crippen molar-refractivity contribution in [2.24, 2.45) is 16.2 Å². The average Bonchev–Trinajstić information content (AvgIpc) is 1.54. The van der Waals surface area contributed by atoms with Crippen molar-refractivity contribution in [3.63, 3.8) is 0 Å². The van der Waals surface area contributed by atoms with Gasteiger partial charge < -0.3 is 4.74 Å². The molecule has 13 aromatic rings. The molecule has 0 heterocycles. The molecule has 0 radical (unpaired) electrons. The van der Waals surface area contributed by atoms with Crippen LogP contribution in [-0.2, 0) is 47.1 Å². The van der Waals surface area contributed by atoms with E-state index in [-0.39, 0.29) is 57.9 Å². The highest BCUT2D eigenvalue weighted by molar-refractivity contribution is 7.97. The lowest BCUT2D eigenvalue weighted by molar-refractivity contribution is -0.327. The first-order valence-electron chi connectivity index (χ1n) is 50.2. The van der Waals surface area contributed by atoms with Gasteiger partial charge in [0.15, 0.2) is 17.0 Å². The van der Waals surface area contributed by atoms with E-state index in [9.17, 15) is 44.3 Å². The smallest absolute Gasteiger partial charge is 0.388 e. The average molecular weight is 2000 g/mol. The number of carbonyl (C=O) groups excluding carboxylic acids is 2. The summed E-state index contributed by atoms with van der Waals surface area (Å²) in [4.78, 5) is 24.9. The third-order valence-electron chi connectivity index (χ3n) is 24.6. The monoisotopic (exact) mass is 2000 g/mol. The molecule has 0 amide bonds. The fourth-order valence-corrected chi connectivity index (χ4v) is 15.9. The fourth-order valence-electron chi connectivity index (χ4n) is 15.9. The number of sulfone groups is 1. The maximum atomic E-state index is 12.5. The number of fused-ring (bicyclic) bond motifs is 7. The van der Waals surface area contributed by atoms with Crippen LogP contribution in [0.5, 0.6) is 0 Å². The van der Waals surface area contributed by atoms with E-state index in [4.69, 9.17) is 0 Å². The first-order valence-corrected chi connectivity index (χ1v) is 54.2. The Morgan fingerprint density at radius 3 is 0.785 bits per heavy atom. The van der Waals surface area contributed by atoms with Crippen LogP contribution in [0.2, 0.25) is 0 Å². The molecule has 13 aromatic carbocycles. The number of alkyl halides is 6. The molecule has 1 saturated carbocycles. The first-order chi connectivity index (χ1) is 66.6. The Hall–Kier alpha value is -10.7. The van der Waals surface area contributed by atoms with E-state index in [0.29, 0.717) is 33.1 Å². The number of hydrogen-bond acceptors (Lipinski definition) is 6. The molecule has 0 saturated heterocycles. The number of carbonyl (C=O) groups is 2. The van der Waals surface area contributed by atoms with Gasteiger partial charge in [0.2, 0.25) is 0 Å². The summed E-state index contributed by atoms with van der Waals surface area (Å²) in [6.07, 6.45) is 4.47. The zero-order valence-corrected chi connectivity index (χ0v) is 95.4. The van der Waals surface area contributed by atoms with Gasteiger partial charge in [-0.25, -0.2) is 8.42 Å². The Bertz CT molecular complexity index is 5840. The molecular formula is C131H170F6O5S2. The Kier molecular flexibility index (Phi) is 48.1. The molecule has 5 nitrogen and oxygen atoms in total. The number of rotatable bonds is 6. The van der Waals surface area contributed by atoms with Crippen molar-refractivity contribution in [3.8, 4) is 22.3 Å². The summed E-state index contributed by atoms with van der Waals surface area (Å²) in [5, 5.41) is 2.67. The zero-order chi connectivity index (χ0) is 109. The van der Waals surface area contributed by atoms with Crippen LogP contribution in [-0.4, -0.2) is 71.6 Å². The predicted molar refractivity (Wildman–Crippen MR) is 611 cm³/mol. The summed E-state index contributed by atoms with van der Waals surface area (Å²) in [7, 11) is 0.583. The van der Waals surface area contributed by atoms with E-state index >= 15 is 0 Å². The molecule has 0 aliphatic heterocycles. The van der Waals surface area contributed by atoms with Gasteiger partial charge in [-0.1, -0.05) is 504 Å². The van der Waals surface area contributed by atoms with Crippen molar-refractivity contribution >= 4 is 43.9 Å². The second-order valence-corrected chi connectivity index (χ2v) is 48.8. The molecule has 778 valence electrons. The third kappa shape index (κ3) is 39.3. The van der Waals surface area contributed by atoms with E-state index in [2.05, 4.69) is 415 Å². The SMILES string of the molecule is CC(C)(C(F)(F)F)C(F)(F)F.CC(C)(C)C.CC(C)(C)c1ccc(C(C)(C)C)cc1.CC(C)(C)c1cccc(C(C)(C)C)c1.CC1(C)CCCCC1.CC1(C)c2ccccc2-c2ccccc21.CCC.COC.CS(C)(=O)=O.CSC.Cc1cc2ccccc2cc1C.Cc1ccc(C(=O)c2ccc(C(=O)c3ccc(C)cc3)cc2)cc1.Cc1ccc(C2(c3ccc(C)cc3)c3ccccc3-c3ccccc32)cc1. The number of halogens is 6. The molecule has 0 atom stereocenters. The molecule has 0 bridgehead atoms. The van der Waals surface area contributed by atoms with Crippen molar-refractivity contribution in [1.82, 2.24) is 0 Å². The number of aryl methyl sites for hydroxylation is 6. The number of ether oxygens (including phenoxy) is 1. The molecular weight excluding hydrogens is 1830 g/mol. The van der Waals surface area contributed by atoms with Crippen LogP contribution >= 0.6 is 11.8 Å². The molecule has 3 aliphatic carbocycles. The first kappa shape index (κ1) is 126. The molecule has 1 fully saturated rings. The Morgan fingerprint density at radius 2 is 0.556 bits per heavy atom. The summed E-state index contributed by atoms with van der Waals surface area (Å²) in [6, 6.07) is 106. The number of hydrogen-bond donors (Lipinski definition) is 0. The minimum atomic E-state index is -5.24. The Morgan fingerprint density at radius 1 is 0.333 bits per heavy atom. The van der Waals surface area contributed by atoms with Gasteiger partial charge in [0.25, 0.3) is 0 Å². The van der Waals surface area contributed by atoms with Gasteiger partial charge in [0.05, 0.1) is 5.41 Å². The maximum absolute atomic E-state index is 12.5. The van der Waals surface area contributed by atoms with Crippen molar-refractivity contribution in [1.29, 1.82) is 0 Å². The number of ketones is 2. The van der Waals surface area contributed by atoms with E-state index in [0.717, 1.165) is 23.6 Å². The second kappa shape index (κ2) is 55.2. The molecule has 0 aromatic heterocycles. The molecule has 144 heavy (non-hydrogen) atoms. The quantitative estimate of drug-likeness (QED) is 0.122. The molecule has 13 heteroatoms. The molecule has 3 aliphatic rings. The molecule has 0 spiro atoms. The summed E-state index contributed by atoms with van der Waals surface area (Å²) < 4.78 is 93.2. The highest BCUT2D eigenvalue weighted by atomic mass is 32.2. The van der Waals surface area contributed by atoms with Crippen LogP contribution < -0.4 is 0 Å². The fraction of sp³-hybridized carbons (Fsp3) is 0.405. The summed E-state index contributed by atoms with van der Waals surface area (Å²) in [5.74, 6) is -0.0753. The van der Waals surface area contributed by atoms with Crippen LogP contribution in [0.3, 0.4) is 0 Å². The highest BCUT2D eigenvalue weighted by Gasteiger charge is 2.64. The topological polar surface area (TPSA) is 77.5 Å². The van der Waals surface area contributed by atoms with Crippen LogP contribution in [0.25, 0.3) is 33.0 Å². The van der Waals surface area contributed by atoms with E-state index in [1.807, 2.05) is 74.9 Å².